The van der Waals surface area contributed by atoms with Crippen LogP contribution in [0.15, 0.2) is 29.3 Å². The average Bonchev–Trinajstić information content (AvgIpc) is 2.69. The molecule has 1 heterocycles. The lowest BCUT2D eigenvalue weighted by Gasteiger charge is -2.21. The summed E-state index contributed by atoms with van der Waals surface area (Å²) in [6.07, 6.45) is 3.24. The Bertz CT molecular complexity index is 540. The van der Waals surface area contributed by atoms with E-state index in [1.54, 1.807) is 0 Å². The third-order valence-electron chi connectivity index (χ3n) is 4.67. The first-order valence-electron chi connectivity index (χ1n) is 10.1. The predicted molar refractivity (Wildman–Crippen MR) is 113 cm³/mol. The van der Waals surface area contributed by atoms with E-state index in [9.17, 15) is 0 Å². The molecule has 1 aliphatic rings. The van der Waals surface area contributed by atoms with Crippen molar-refractivity contribution in [2.45, 2.75) is 32.7 Å². The molecule has 1 fully saturated rings. The zero-order valence-corrected chi connectivity index (χ0v) is 17.2. The highest BCUT2D eigenvalue weighted by Crippen LogP contribution is 2.14. The lowest BCUT2D eigenvalue weighted by molar-refractivity contribution is 0.0203. The van der Waals surface area contributed by atoms with Gasteiger partial charge in [0, 0.05) is 59.3 Å². The molecule has 2 rings (SSSR count). The van der Waals surface area contributed by atoms with Gasteiger partial charge in [0.2, 0.25) is 0 Å². The molecule has 6 nitrogen and oxygen atoms in total. The van der Waals surface area contributed by atoms with Gasteiger partial charge in [-0.15, -0.1) is 0 Å². The summed E-state index contributed by atoms with van der Waals surface area (Å²) in [4.78, 5) is 6.78. The van der Waals surface area contributed by atoms with E-state index in [0.717, 1.165) is 64.7 Å². The van der Waals surface area contributed by atoms with Crippen LogP contribution in [0, 0.1) is 5.92 Å². The summed E-state index contributed by atoms with van der Waals surface area (Å²) in [5, 5.41) is 6.69. The second-order valence-electron chi connectivity index (χ2n) is 7.17. The fraction of sp³-hybridized carbons (Fsp3) is 0.667. The number of aliphatic imine (C=N–C) groups is 1. The van der Waals surface area contributed by atoms with Crippen molar-refractivity contribution >= 4 is 11.6 Å². The highest BCUT2D eigenvalue weighted by Gasteiger charge is 2.13. The molecule has 0 bridgehead atoms. The molecular weight excluding hydrogens is 340 g/mol. The van der Waals surface area contributed by atoms with Crippen LogP contribution in [-0.4, -0.2) is 59.6 Å². The van der Waals surface area contributed by atoms with Crippen molar-refractivity contribution in [1.82, 2.24) is 10.6 Å². The van der Waals surface area contributed by atoms with Crippen LogP contribution < -0.4 is 15.5 Å². The van der Waals surface area contributed by atoms with Crippen molar-refractivity contribution in [2.75, 3.05) is 58.5 Å². The Kier molecular flexibility index (Phi) is 10.0. The first-order valence-corrected chi connectivity index (χ1v) is 10.1. The van der Waals surface area contributed by atoms with Gasteiger partial charge in [0.25, 0.3) is 0 Å². The monoisotopic (exact) mass is 376 g/mol. The van der Waals surface area contributed by atoms with E-state index in [-0.39, 0.29) is 0 Å². The van der Waals surface area contributed by atoms with Crippen LogP contribution in [0.2, 0.25) is 0 Å². The van der Waals surface area contributed by atoms with Crippen molar-refractivity contribution in [3.05, 3.63) is 29.8 Å². The Balaban J connectivity index is 1.65. The molecule has 1 aliphatic heterocycles. The smallest absolute Gasteiger partial charge is 0.191 e. The maximum Gasteiger partial charge on any atom is 0.191 e. The first-order chi connectivity index (χ1) is 13.2. The van der Waals surface area contributed by atoms with E-state index in [2.05, 4.69) is 51.7 Å². The van der Waals surface area contributed by atoms with Crippen LogP contribution in [0.3, 0.4) is 0 Å². The minimum Gasteiger partial charge on any atom is -0.381 e. The van der Waals surface area contributed by atoms with Gasteiger partial charge in [0.15, 0.2) is 5.96 Å². The van der Waals surface area contributed by atoms with Crippen molar-refractivity contribution in [1.29, 1.82) is 0 Å². The predicted octanol–water partition coefficient (Wildman–Crippen LogP) is 2.64. The number of hydrogen-bond donors (Lipinski definition) is 2. The number of benzene rings is 1. The molecule has 0 amide bonds. The number of rotatable bonds is 10. The molecule has 0 saturated carbocycles. The van der Waals surface area contributed by atoms with E-state index >= 15 is 0 Å². The number of guanidine groups is 1. The van der Waals surface area contributed by atoms with Crippen molar-refractivity contribution in [3.8, 4) is 0 Å². The molecule has 0 atom stereocenters. The summed E-state index contributed by atoms with van der Waals surface area (Å²) >= 11 is 0. The van der Waals surface area contributed by atoms with E-state index in [1.165, 1.54) is 11.3 Å². The minimum atomic E-state index is 0.670. The zero-order valence-electron chi connectivity index (χ0n) is 17.2. The van der Waals surface area contributed by atoms with E-state index in [4.69, 9.17) is 9.47 Å². The maximum atomic E-state index is 5.81. The van der Waals surface area contributed by atoms with Crippen LogP contribution >= 0.6 is 0 Å². The molecule has 6 heteroatoms. The number of anilines is 1. The molecular formula is C21H36N4O2. The normalized spacial score (nSPS) is 15.6. The Labute approximate surface area is 164 Å². The van der Waals surface area contributed by atoms with Gasteiger partial charge in [-0.05, 0) is 49.8 Å². The van der Waals surface area contributed by atoms with Gasteiger partial charge < -0.3 is 25.0 Å². The highest BCUT2D eigenvalue weighted by molar-refractivity contribution is 5.79. The fourth-order valence-corrected chi connectivity index (χ4v) is 2.96. The summed E-state index contributed by atoms with van der Waals surface area (Å²) in [5.41, 5.74) is 2.41. The van der Waals surface area contributed by atoms with Crippen LogP contribution in [-0.2, 0) is 16.0 Å². The van der Waals surface area contributed by atoms with Crippen LogP contribution in [0.25, 0.3) is 0 Å². The largest absolute Gasteiger partial charge is 0.381 e. The Morgan fingerprint density at radius 2 is 1.93 bits per heavy atom. The van der Waals surface area contributed by atoms with Crippen molar-refractivity contribution in [2.24, 2.45) is 10.9 Å². The standard InChI is InChI=1S/C21H36N4O2/c1-4-22-21(24-16-18-6-8-20(9-7-18)25(2)3)23-12-5-13-27-17-19-10-14-26-15-11-19/h6-9,19H,4-5,10-17H2,1-3H3,(H2,22,23,24). The number of nitrogens with zero attached hydrogens (tertiary/aromatic N) is 2. The zero-order chi connectivity index (χ0) is 19.3. The lowest BCUT2D eigenvalue weighted by Crippen LogP contribution is -2.38. The van der Waals surface area contributed by atoms with E-state index in [1.807, 2.05) is 14.1 Å². The lowest BCUT2D eigenvalue weighted by atomic mass is 10.0. The molecule has 0 aliphatic carbocycles. The third kappa shape index (κ3) is 8.63. The Morgan fingerprint density at radius 3 is 2.59 bits per heavy atom. The molecule has 1 aromatic rings. The second-order valence-corrected chi connectivity index (χ2v) is 7.17. The highest BCUT2D eigenvalue weighted by atomic mass is 16.5. The van der Waals surface area contributed by atoms with Gasteiger partial charge in [-0.3, -0.25) is 0 Å². The van der Waals surface area contributed by atoms with Gasteiger partial charge in [-0.2, -0.15) is 0 Å². The molecule has 0 radical (unpaired) electrons. The summed E-state index contributed by atoms with van der Waals surface area (Å²) in [6, 6.07) is 8.51. The van der Waals surface area contributed by atoms with E-state index in [0.29, 0.717) is 12.5 Å². The number of hydrogen-bond acceptors (Lipinski definition) is 4. The average molecular weight is 377 g/mol. The Morgan fingerprint density at radius 1 is 1.19 bits per heavy atom. The van der Waals surface area contributed by atoms with Gasteiger partial charge in [-0.1, -0.05) is 12.1 Å². The van der Waals surface area contributed by atoms with Crippen molar-refractivity contribution in [3.63, 3.8) is 0 Å². The molecule has 0 spiro atoms. The van der Waals surface area contributed by atoms with Gasteiger partial charge >= 0.3 is 0 Å². The first kappa shape index (κ1) is 21.5. The summed E-state index contributed by atoms with van der Waals surface area (Å²) < 4.78 is 11.2. The van der Waals surface area contributed by atoms with E-state index < -0.39 is 0 Å². The number of ether oxygens (including phenoxy) is 2. The second kappa shape index (κ2) is 12.6. The van der Waals surface area contributed by atoms with Crippen LogP contribution in [0.1, 0.15) is 31.7 Å². The third-order valence-corrected chi connectivity index (χ3v) is 4.67. The SMILES string of the molecule is CCNC(=NCc1ccc(N(C)C)cc1)NCCCOCC1CCOCC1. The summed E-state index contributed by atoms with van der Waals surface area (Å²) in [7, 11) is 4.10. The topological polar surface area (TPSA) is 58.1 Å². The maximum absolute atomic E-state index is 5.81. The molecule has 1 aromatic carbocycles. The van der Waals surface area contributed by atoms with Gasteiger partial charge in [0.05, 0.1) is 6.54 Å². The fourth-order valence-electron chi connectivity index (χ4n) is 2.96. The minimum absolute atomic E-state index is 0.670. The molecule has 152 valence electrons. The summed E-state index contributed by atoms with van der Waals surface area (Å²) in [6.45, 7) is 7.89. The summed E-state index contributed by atoms with van der Waals surface area (Å²) in [5.74, 6) is 1.53. The molecule has 0 aromatic heterocycles. The molecule has 2 N–H and O–H groups in total. The molecule has 1 saturated heterocycles. The van der Waals surface area contributed by atoms with Crippen LogP contribution in [0.4, 0.5) is 5.69 Å². The van der Waals surface area contributed by atoms with Crippen molar-refractivity contribution < 1.29 is 9.47 Å². The molecule has 27 heavy (non-hydrogen) atoms. The molecule has 0 unspecified atom stereocenters. The number of nitrogens with one attached hydrogen (secondary N) is 2. The van der Waals surface area contributed by atoms with Crippen LogP contribution in [0.5, 0.6) is 0 Å². The quantitative estimate of drug-likeness (QED) is 0.373. The van der Waals surface area contributed by atoms with Gasteiger partial charge in [0.1, 0.15) is 0 Å². The Hall–Kier alpha value is -1.79. The van der Waals surface area contributed by atoms with Gasteiger partial charge in [-0.25, -0.2) is 4.99 Å².